The molecule has 15 nitrogen and oxygen atoms in total. The van der Waals surface area contributed by atoms with E-state index in [2.05, 4.69) is 80.3 Å². The number of alkyl halides is 3. The molecule has 3 aliphatic heterocycles. The topological polar surface area (TPSA) is 213 Å². The number of carbonyl (C=O) groups excluding carboxylic acids is 9. The van der Waals surface area contributed by atoms with Gasteiger partial charge in [0.25, 0.3) is 40.7 Å². The van der Waals surface area contributed by atoms with Crippen molar-refractivity contribution in [2.75, 3.05) is 0 Å². The number of nitrogens with one attached hydrogen (secondary N) is 2. The van der Waals surface area contributed by atoms with E-state index in [1.54, 1.807) is 24.3 Å². The van der Waals surface area contributed by atoms with Crippen molar-refractivity contribution in [3.05, 3.63) is 139 Å². The molecule has 6 saturated carbocycles. The lowest BCUT2D eigenvalue weighted by Gasteiger charge is -2.37. The van der Waals surface area contributed by atoms with Crippen LogP contribution in [0.3, 0.4) is 0 Å². The van der Waals surface area contributed by atoms with Gasteiger partial charge in [-0.1, -0.05) is 36.5 Å². The maximum atomic E-state index is 12.8. The molecule has 77 heavy (non-hydrogen) atoms. The lowest BCUT2D eigenvalue weighted by Crippen LogP contribution is -2.46. The number of benzene rings is 3. The third kappa shape index (κ3) is 9.08. The van der Waals surface area contributed by atoms with Crippen LogP contribution < -0.4 is 16.7 Å². The fraction of sp³-hybridized carbons (Fsp3) is 0.400. The summed E-state index contributed by atoms with van der Waals surface area (Å²) in [5, 5.41) is 2.20. The summed E-state index contributed by atoms with van der Waals surface area (Å²) in [6, 6.07) is 17.8. The number of imide groups is 3. The van der Waals surface area contributed by atoms with Gasteiger partial charge in [0, 0.05) is 23.8 Å². The van der Waals surface area contributed by atoms with Gasteiger partial charge in [-0.2, -0.15) is 23.2 Å². The van der Waals surface area contributed by atoms with E-state index < -0.39 is 52.4 Å². The average molecular weight is 1320 g/mol. The first-order valence-corrected chi connectivity index (χ1v) is 27.7. The second-order valence-electron chi connectivity index (χ2n) is 21.8. The first-order chi connectivity index (χ1) is 36.2. The molecule has 0 radical (unpaired) electrons. The molecule has 3 aromatic carbocycles. The highest BCUT2D eigenvalue weighted by atomic mass is 127. The Hall–Kier alpha value is -5.30. The smallest absolute Gasteiger partial charge is 0.276 e. The number of halogens is 7. The molecule has 22 heteroatoms. The largest absolute Gasteiger partial charge is 0.416 e. The highest BCUT2D eigenvalue weighted by molar-refractivity contribution is 14.1. The zero-order valence-corrected chi connectivity index (χ0v) is 46.1. The molecule has 8 amide bonds. The van der Waals surface area contributed by atoms with E-state index in [1.807, 2.05) is 36.4 Å². The molecule has 18 atom stereocenters. The Bertz CT molecular complexity index is 3050. The number of nitrogens with zero attached hydrogens (tertiary/aromatic N) is 3. The molecule has 3 heterocycles. The van der Waals surface area contributed by atoms with Gasteiger partial charge >= 0.3 is 6.18 Å². The molecule has 4 N–H and O–H groups in total. The molecule has 18 rings (SSSR count). The van der Waals surface area contributed by atoms with Crippen LogP contribution >= 0.6 is 69.2 Å². The molecule has 6 bridgehead atoms. The Morgan fingerprint density at radius 2 is 0.727 bits per heavy atom. The minimum absolute atomic E-state index is 0. The van der Waals surface area contributed by atoms with Crippen molar-refractivity contribution in [3.8, 4) is 0 Å². The second-order valence-corrected chi connectivity index (χ2v) is 24.6. The second kappa shape index (κ2) is 19.8. The monoisotopic (exact) mass is 1320 g/mol. The Balaban J connectivity index is 0.000000115. The van der Waals surface area contributed by atoms with Gasteiger partial charge < -0.3 is 0 Å². The lowest BCUT2D eigenvalue weighted by atomic mass is 9.63. The number of hydrogen-bond donors (Lipinski definition) is 3. The average Bonchev–Trinajstić information content (AvgIpc) is 4.51. The maximum absolute atomic E-state index is 12.8. The van der Waals surface area contributed by atoms with Crippen molar-refractivity contribution in [2.45, 2.75) is 25.4 Å². The number of nitrogens with two attached hydrogens (primary N) is 1. The Morgan fingerprint density at radius 3 is 1.00 bits per heavy atom. The molecule has 3 saturated heterocycles. The molecule has 0 spiro atoms. The Morgan fingerprint density at radius 1 is 0.468 bits per heavy atom. The van der Waals surface area contributed by atoms with Gasteiger partial charge in [-0.15, -0.1) is 12.4 Å². The van der Waals surface area contributed by atoms with Gasteiger partial charge in [-0.05, 0) is 220 Å². The van der Waals surface area contributed by atoms with Crippen molar-refractivity contribution in [2.24, 2.45) is 112 Å². The molecule has 400 valence electrons. The lowest BCUT2D eigenvalue weighted by molar-refractivity contribution is -0.144. The number of carbonyl (C=O) groups is 9. The van der Waals surface area contributed by atoms with Gasteiger partial charge in [0.1, 0.15) is 0 Å². The van der Waals surface area contributed by atoms with Gasteiger partial charge in [0.2, 0.25) is 11.8 Å². The molecular weight excluding hydrogens is 1270 g/mol. The van der Waals surface area contributed by atoms with E-state index in [-0.39, 0.29) is 101 Å². The van der Waals surface area contributed by atoms with Gasteiger partial charge in [-0.3, -0.25) is 54.0 Å². The van der Waals surface area contributed by atoms with Crippen LogP contribution in [-0.4, -0.2) is 67.5 Å². The molecule has 3 aromatic rings. The zero-order chi connectivity index (χ0) is 53.5. The van der Waals surface area contributed by atoms with E-state index in [4.69, 9.17) is 17.4 Å². The van der Waals surface area contributed by atoms with Crippen LogP contribution in [0.5, 0.6) is 0 Å². The summed E-state index contributed by atoms with van der Waals surface area (Å²) >= 11 is 9.54. The summed E-state index contributed by atoms with van der Waals surface area (Å²) in [5.41, 5.74) is 4.88. The molecule has 9 fully saturated rings. The quantitative estimate of drug-likeness (QED) is 0.0575. The summed E-state index contributed by atoms with van der Waals surface area (Å²) in [4.78, 5) is 110. The SMILES string of the molecule is Cl.NN1C(=O)[C@@H]2C3C=CC([C@H]4C[C@@H]34)[C@@H]2C1=O.O=C(Cl)c1ccc(I)cc1.O=C(NN1C(=O)[C@@H]2C3C=CC([C@H]4C[C@@H]34)[C@@H]2C1=O)c1ccc(C(F)(F)F)cc1.O=C(NN1C(=O)[C@@H]2C3C=CC([C@H]4C[C@@H]34)[C@@H]2C1=O)c1ccc(I)cc1. The van der Waals surface area contributed by atoms with Crippen LogP contribution in [0.4, 0.5) is 13.2 Å². The molecule has 12 aliphatic carbocycles. The first-order valence-electron chi connectivity index (χ1n) is 25.2. The summed E-state index contributed by atoms with van der Waals surface area (Å²) in [6.07, 6.45) is 11.4. The van der Waals surface area contributed by atoms with Crippen molar-refractivity contribution in [1.82, 2.24) is 25.9 Å². The molecule has 15 aliphatic rings. The van der Waals surface area contributed by atoms with E-state index >= 15 is 0 Å². The number of hydrazine groups is 3. The molecular formula is C55H47Cl2F3I2N6O9. The van der Waals surface area contributed by atoms with Crippen LogP contribution in [0, 0.1) is 114 Å². The minimum atomic E-state index is -4.50. The number of hydrogen-bond acceptors (Lipinski definition) is 10. The summed E-state index contributed by atoms with van der Waals surface area (Å²) in [6.45, 7) is 0. The third-order valence-corrected chi connectivity index (χ3v) is 19.8. The summed E-state index contributed by atoms with van der Waals surface area (Å²) < 4.78 is 40.0. The fourth-order valence-electron chi connectivity index (χ4n) is 14.4. The Kier molecular flexibility index (Phi) is 13.8. The summed E-state index contributed by atoms with van der Waals surface area (Å²) in [5.74, 6) is 5.24. The molecule has 0 aromatic heterocycles. The van der Waals surface area contributed by atoms with Gasteiger partial charge in [0.15, 0.2) is 0 Å². The van der Waals surface area contributed by atoms with Crippen molar-refractivity contribution < 1.29 is 56.3 Å². The van der Waals surface area contributed by atoms with Gasteiger partial charge in [-0.25, -0.2) is 10.9 Å². The van der Waals surface area contributed by atoms with Crippen molar-refractivity contribution in [3.63, 3.8) is 0 Å². The van der Waals surface area contributed by atoms with Crippen LogP contribution in [-0.2, 0) is 34.9 Å². The predicted octanol–water partition coefficient (Wildman–Crippen LogP) is 7.40. The Labute approximate surface area is 476 Å². The predicted molar refractivity (Wildman–Crippen MR) is 286 cm³/mol. The molecule has 6 unspecified atom stereocenters. The highest BCUT2D eigenvalue weighted by Gasteiger charge is 2.70. The van der Waals surface area contributed by atoms with Crippen LogP contribution in [0.1, 0.15) is 55.9 Å². The normalized spacial score (nSPS) is 36.3. The minimum Gasteiger partial charge on any atom is -0.276 e. The number of rotatable bonds is 5. The zero-order valence-electron chi connectivity index (χ0n) is 40.2. The first kappa shape index (κ1) is 53.7. The van der Waals surface area contributed by atoms with E-state index in [9.17, 15) is 56.3 Å². The van der Waals surface area contributed by atoms with E-state index in [0.29, 0.717) is 46.6 Å². The third-order valence-electron chi connectivity index (χ3n) is 18.1. The fourth-order valence-corrected chi connectivity index (χ4v) is 15.3. The number of amides is 8. The highest BCUT2D eigenvalue weighted by Crippen LogP contribution is 2.67. The van der Waals surface area contributed by atoms with Gasteiger partial charge in [0.05, 0.1) is 41.1 Å². The van der Waals surface area contributed by atoms with Crippen LogP contribution in [0.15, 0.2) is 109 Å². The van der Waals surface area contributed by atoms with Crippen molar-refractivity contribution >= 4 is 122 Å². The summed E-state index contributed by atoms with van der Waals surface area (Å²) in [7, 11) is 0. The van der Waals surface area contributed by atoms with E-state index in [1.165, 1.54) is 6.42 Å². The van der Waals surface area contributed by atoms with Crippen LogP contribution in [0.2, 0.25) is 0 Å². The van der Waals surface area contributed by atoms with Crippen molar-refractivity contribution in [1.29, 1.82) is 0 Å². The van der Waals surface area contributed by atoms with E-state index in [0.717, 1.165) is 59.3 Å². The van der Waals surface area contributed by atoms with Crippen LogP contribution in [0.25, 0.3) is 0 Å². The standard InChI is InChI=1S/C19H15F3N2O3.C18H15IN2O3.C11H12N2O2.C7H4ClIO.ClH/c20-19(21,22)9-3-1-8(2-4-9)16(25)23-24-17(26)14-10-5-6-11(13-7-12(10)13)15(14)18(24)27;19-9-3-1-8(2-4-9)16(22)20-21-17(23)14-10-5-6-11(13-7-12(10)13)15(14)18(21)24;12-13-10(14)8-4-1-2-5(7-3-6(4)7)9(8)11(13)15;8-7(10)5-1-3-6(9)4-2-5;/h1-6,10-15H,7H2,(H,23,25);1-6,10-15H,7H2,(H,20,22);1-2,4-9H,3,12H2;1-4H;1H/t2*10?,11?,12-,13+,14+,15-;4?,5?,6-,7+,8+,9-;;. The number of allylic oxidation sites excluding steroid dienone is 6. The maximum Gasteiger partial charge on any atom is 0.416 e.